The van der Waals surface area contributed by atoms with E-state index in [9.17, 15) is 0 Å². The van der Waals surface area contributed by atoms with Crippen LogP contribution in [0.2, 0.25) is 0 Å². The molecule has 1 spiro atoms. The van der Waals surface area contributed by atoms with Gasteiger partial charge in [-0.05, 0) is 39.3 Å². The largest absolute Gasteiger partial charge is 0.301 e. The Morgan fingerprint density at radius 3 is 2.00 bits per heavy atom. The van der Waals surface area contributed by atoms with Crippen LogP contribution >= 0.6 is 0 Å². The second kappa shape index (κ2) is 3.57. The van der Waals surface area contributed by atoms with Gasteiger partial charge in [0.05, 0.1) is 0 Å². The monoisotopic (exact) mass is 155 g/mol. The summed E-state index contributed by atoms with van der Waals surface area (Å²) in [5, 5.41) is 0. The van der Waals surface area contributed by atoms with Crippen LogP contribution < -0.4 is 0 Å². The van der Waals surface area contributed by atoms with E-state index in [4.69, 9.17) is 0 Å². The molecule has 2 aliphatic rings. The predicted molar refractivity (Wildman–Crippen MR) is 49.8 cm³/mol. The normalized spacial score (nSPS) is 27.5. The third-order valence-corrected chi connectivity index (χ3v) is 3.02. The molecule has 1 aliphatic carbocycles. The second-order valence-electron chi connectivity index (χ2n) is 3.60. The summed E-state index contributed by atoms with van der Waals surface area (Å²) in [6, 6.07) is 0. The van der Waals surface area contributed by atoms with Gasteiger partial charge in [0.1, 0.15) is 0 Å². The molecule has 0 N–H and O–H groups in total. The molecule has 2 rings (SSSR count). The zero-order valence-electron chi connectivity index (χ0n) is 8.19. The van der Waals surface area contributed by atoms with Gasteiger partial charge in [-0.1, -0.05) is 20.3 Å². The van der Waals surface area contributed by atoms with Crippen molar-refractivity contribution in [2.24, 2.45) is 0 Å². The van der Waals surface area contributed by atoms with E-state index in [1.807, 2.05) is 13.8 Å². The number of piperidine rings is 1. The summed E-state index contributed by atoms with van der Waals surface area (Å²) in [6.07, 6.45) is 7.33. The molecular weight excluding hydrogens is 134 g/mol. The van der Waals surface area contributed by atoms with E-state index < -0.39 is 0 Å². The average molecular weight is 155 g/mol. The maximum Gasteiger partial charge on any atom is 0.0207 e. The highest BCUT2D eigenvalue weighted by Gasteiger charge is 2.46. The lowest BCUT2D eigenvalue weighted by molar-refractivity contribution is 0.165. The van der Waals surface area contributed by atoms with Crippen LogP contribution in [0.3, 0.4) is 0 Å². The van der Waals surface area contributed by atoms with Crippen molar-refractivity contribution < 1.29 is 0 Å². The fourth-order valence-corrected chi connectivity index (χ4v) is 2.01. The smallest absolute Gasteiger partial charge is 0.0207 e. The third-order valence-electron chi connectivity index (χ3n) is 3.02. The summed E-state index contributed by atoms with van der Waals surface area (Å²) < 4.78 is 0. The standard InChI is InChI=1S/C8H15N.C2H6/c1-9-7-3-2-4-8(9)5-6-8;1-2/h2-7H2,1H3;1-2H3. The zero-order chi connectivity index (χ0) is 8.32. The van der Waals surface area contributed by atoms with Crippen LogP contribution in [0.15, 0.2) is 0 Å². The predicted octanol–water partition coefficient (Wildman–Crippen LogP) is 2.66. The Labute approximate surface area is 70.8 Å². The van der Waals surface area contributed by atoms with E-state index in [2.05, 4.69) is 11.9 Å². The highest BCUT2D eigenvalue weighted by Crippen LogP contribution is 2.47. The molecular formula is C10H21N. The summed E-state index contributed by atoms with van der Waals surface area (Å²) in [4.78, 5) is 2.57. The first-order chi connectivity index (χ1) is 5.33. The highest BCUT2D eigenvalue weighted by molar-refractivity contribution is 5.04. The highest BCUT2D eigenvalue weighted by atomic mass is 15.2. The third kappa shape index (κ3) is 1.76. The van der Waals surface area contributed by atoms with E-state index in [0.717, 1.165) is 5.54 Å². The van der Waals surface area contributed by atoms with E-state index in [-0.39, 0.29) is 0 Å². The molecule has 0 aromatic rings. The molecule has 11 heavy (non-hydrogen) atoms. The molecule has 0 aromatic carbocycles. The lowest BCUT2D eigenvalue weighted by atomic mass is 10.0. The summed E-state index contributed by atoms with van der Waals surface area (Å²) in [5.41, 5.74) is 0.720. The van der Waals surface area contributed by atoms with Crippen molar-refractivity contribution in [2.45, 2.75) is 51.5 Å². The Bertz CT molecular complexity index is 116. The quantitative estimate of drug-likeness (QED) is 0.520. The summed E-state index contributed by atoms with van der Waals surface area (Å²) in [6.45, 7) is 5.35. The van der Waals surface area contributed by atoms with Crippen molar-refractivity contribution in [2.75, 3.05) is 13.6 Å². The lowest BCUT2D eigenvalue weighted by Gasteiger charge is -2.32. The summed E-state index contributed by atoms with van der Waals surface area (Å²) in [5.74, 6) is 0. The average Bonchev–Trinajstić information content (AvgIpc) is 2.82. The Hall–Kier alpha value is -0.0400. The number of rotatable bonds is 0. The van der Waals surface area contributed by atoms with Crippen molar-refractivity contribution >= 4 is 0 Å². The van der Waals surface area contributed by atoms with Crippen LogP contribution in [-0.4, -0.2) is 24.0 Å². The van der Waals surface area contributed by atoms with Gasteiger partial charge in [-0.25, -0.2) is 0 Å². The minimum Gasteiger partial charge on any atom is -0.301 e. The van der Waals surface area contributed by atoms with Gasteiger partial charge in [0.2, 0.25) is 0 Å². The van der Waals surface area contributed by atoms with Crippen molar-refractivity contribution in [3.63, 3.8) is 0 Å². The van der Waals surface area contributed by atoms with Gasteiger partial charge in [0.15, 0.2) is 0 Å². The molecule has 0 unspecified atom stereocenters. The van der Waals surface area contributed by atoms with Gasteiger partial charge in [0.25, 0.3) is 0 Å². The van der Waals surface area contributed by atoms with Crippen molar-refractivity contribution in [1.29, 1.82) is 0 Å². The molecule has 1 heteroatoms. The van der Waals surface area contributed by atoms with Gasteiger partial charge < -0.3 is 4.90 Å². The van der Waals surface area contributed by atoms with E-state index in [1.165, 1.54) is 38.6 Å². The maximum atomic E-state index is 2.57. The molecule has 0 atom stereocenters. The number of hydrogen-bond donors (Lipinski definition) is 0. The number of nitrogens with zero attached hydrogens (tertiary/aromatic N) is 1. The molecule has 1 aliphatic heterocycles. The molecule has 2 fully saturated rings. The molecule has 0 amide bonds. The van der Waals surface area contributed by atoms with Gasteiger partial charge >= 0.3 is 0 Å². The first kappa shape index (κ1) is 9.05. The molecule has 1 nitrogen and oxygen atoms in total. The zero-order valence-corrected chi connectivity index (χ0v) is 8.19. The van der Waals surface area contributed by atoms with Crippen molar-refractivity contribution in [3.8, 4) is 0 Å². The molecule has 1 heterocycles. The van der Waals surface area contributed by atoms with Crippen LogP contribution in [0.5, 0.6) is 0 Å². The second-order valence-corrected chi connectivity index (χ2v) is 3.60. The Kier molecular flexibility index (Phi) is 2.94. The topological polar surface area (TPSA) is 3.24 Å². The van der Waals surface area contributed by atoms with Crippen LogP contribution in [0.4, 0.5) is 0 Å². The minimum atomic E-state index is 0.720. The van der Waals surface area contributed by atoms with Crippen molar-refractivity contribution in [3.05, 3.63) is 0 Å². The van der Waals surface area contributed by atoms with Crippen molar-refractivity contribution in [1.82, 2.24) is 4.90 Å². The van der Waals surface area contributed by atoms with E-state index in [1.54, 1.807) is 0 Å². The van der Waals surface area contributed by atoms with Gasteiger partial charge in [0, 0.05) is 5.54 Å². The first-order valence-corrected chi connectivity index (χ1v) is 5.05. The van der Waals surface area contributed by atoms with Crippen LogP contribution in [0.25, 0.3) is 0 Å². The summed E-state index contributed by atoms with van der Waals surface area (Å²) >= 11 is 0. The van der Waals surface area contributed by atoms with Gasteiger partial charge in [-0.15, -0.1) is 0 Å². The molecule has 1 saturated heterocycles. The van der Waals surface area contributed by atoms with Crippen LogP contribution in [0.1, 0.15) is 46.0 Å². The fourth-order valence-electron chi connectivity index (χ4n) is 2.01. The molecule has 66 valence electrons. The summed E-state index contributed by atoms with van der Waals surface area (Å²) in [7, 11) is 2.28. The molecule has 1 saturated carbocycles. The SMILES string of the molecule is CC.CN1CCCCC12CC2. The van der Waals surface area contributed by atoms with Crippen LogP contribution in [0, 0.1) is 0 Å². The Morgan fingerprint density at radius 2 is 1.64 bits per heavy atom. The van der Waals surface area contributed by atoms with Crippen LogP contribution in [-0.2, 0) is 0 Å². The molecule has 0 radical (unpaired) electrons. The lowest BCUT2D eigenvalue weighted by Crippen LogP contribution is -2.37. The van der Waals surface area contributed by atoms with Gasteiger partial charge in [-0.3, -0.25) is 0 Å². The fraction of sp³-hybridized carbons (Fsp3) is 1.00. The minimum absolute atomic E-state index is 0.720. The maximum absolute atomic E-state index is 2.57. The molecule has 0 bridgehead atoms. The molecule has 0 aromatic heterocycles. The van der Waals surface area contributed by atoms with Gasteiger partial charge in [-0.2, -0.15) is 0 Å². The van der Waals surface area contributed by atoms with E-state index in [0.29, 0.717) is 0 Å². The Morgan fingerprint density at radius 1 is 1.00 bits per heavy atom. The Balaban J connectivity index is 0.000000281. The number of hydrogen-bond acceptors (Lipinski definition) is 1. The first-order valence-electron chi connectivity index (χ1n) is 5.05. The number of likely N-dealkylation sites (tertiary alicyclic amines) is 1. The van der Waals surface area contributed by atoms with E-state index >= 15 is 0 Å².